The number of benzene rings is 1. The van der Waals surface area contributed by atoms with Crippen molar-refractivity contribution in [3.63, 3.8) is 0 Å². The Kier molecular flexibility index (Phi) is 6.10. The van der Waals surface area contributed by atoms with Crippen LogP contribution in [0.1, 0.15) is 11.6 Å². The summed E-state index contributed by atoms with van der Waals surface area (Å²) in [6, 6.07) is 4.56. The van der Waals surface area contributed by atoms with Crippen LogP contribution in [0.25, 0.3) is 0 Å². The molecule has 0 spiro atoms. The van der Waals surface area contributed by atoms with Crippen LogP contribution < -0.4 is 10.1 Å². The Hall–Kier alpha value is -0.980. The zero-order valence-electron chi connectivity index (χ0n) is 11.1. The van der Waals surface area contributed by atoms with Gasteiger partial charge in [-0.05, 0) is 17.7 Å². The van der Waals surface area contributed by atoms with Crippen LogP contribution in [0.15, 0.2) is 24.3 Å². The molecule has 7 heteroatoms. The molecule has 3 nitrogen and oxygen atoms in total. The molecular weight excluding hydrogens is 293 g/mol. The van der Waals surface area contributed by atoms with Crippen LogP contribution in [0.2, 0.25) is 0 Å². The third-order valence-electron chi connectivity index (χ3n) is 3.26. The lowest BCUT2D eigenvalue weighted by Crippen LogP contribution is -2.49. The largest absolute Gasteiger partial charge is 0.497 e. The highest BCUT2D eigenvalue weighted by atomic mass is 35.5. The quantitative estimate of drug-likeness (QED) is 0.929. The number of halogens is 4. The molecule has 1 N–H and O–H groups in total. The third-order valence-corrected chi connectivity index (χ3v) is 3.26. The summed E-state index contributed by atoms with van der Waals surface area (Å²) in [5.41, 5.74) is 0.259. The Labute approximate surface area is 122 Å². The monoisotopic (exact) mass is 310 g/mol. The van der Waals surface area contributed by atoms with Gasteiger partial charge in [0.25, 0.3) is 0 Å². The third kappa shape index (κ3) is 4.01. The van der Waals surface area contributed by atoms with Crippen LogP contribution in [0, 0.1) is 0 Å². The van der Waals surface area contributed by atoms with Crippen molar-refractivity contribution in [3.05, 3.63) is 29.8 Å². The number of hydrogen-bond donors (Lipinski definition) is 1. The molecule has 0 aromatic heterocycles. The molecule has 2 rings (SSSR count). The van der Waals surface area contributed by atoms with E-state index in [9.17, 15) is 13.2 Å². The second-order valence-electron chi connectivity index (χ2n) is 4.50. The molecule has 0 radical (unpaired) electrons. The lowest BCUT2D eigenvalue weighted by atomic mass is 10.0. The molecule has 0 unspecified atom stereocenters. The lowest BCUT2D eigenvalue weighted by molar-refractivity contribution is -0.187. The summed E-state index contributed by atoms with van der Waals surface area (Å²) in [6.45, 7) is 1.97. The van der Waals surface area contributed by atoms with Crippen LogP contribution in [-0.2, 0) is 0 Å². The normalized spacial score (nSPS) is 18.2. The Balaban J connectivity index is 0.00000200. The van der Waals surface area contributed by atoms with Crippen molar-refractivity contribution in [1.82, 2.24) is 10.2 Å². The number of nitrogens with one attached hydrogen (secondary N) is 1. The highest BCUT2D eigenvalue weighted by Gasteiger charge is 2.44. The predicted octanol–water partition coefficient (Wildman–Crippen LogP) is 2.63. The van der Waals surface area contributed by atoms with Crippen LogP contribution in [0.4, 0.5) is 13.2 Å². The number of nitrogens with zero attached hydrogens (tertiary/aromatic N) is 1. The molecule has 0 aliphatic carbocycles. The number of ether oxygens (including phenoxy) is 1. The average Bonchev–Trinajstić information content (AvgIpc) is 2.39. The van der Waals surface area contributed by atoms with E-state index in [1.54, 1.807) is 12.1 Å². The molecule has 0 saturated carbocycles. The first-order valence-corrected chi connectivity index (χ1v) is 6.18. The highest BCUT2D eigenvalue weighted by Crippen LogP contribution is 2.38. The molecule has 20 heavy (non-hydrogen) atoms. The van der Waals surface area contributed by atoms with E-state index in [2.05, 4.69) is 5.32 Å². The van der Waals surface area contributed by atoms with Gasteiger partial charge in [0.1, 0.15) is 11.8 Å². The maximum Gasteiger partial charge on any atom is 0.408 e. The van der Waals surface area contributed by atoms with E-state index in [4.69, 9.17) is 4.74 Å². The van der Waals surface area contributed by atoms with Crippen molar-refractivity contribution in [3.8, 4) is 5.75 Å². The fourth-order valence-electron chi connectivity index (χ4n) is 2.33. The first-order valence-electron chi connectivity index (χ1n) is 6.18. The zero-order valence-corrected chi connectivity index (χ0v) is 11.9. The van der Waals surface area contributed by atoms with Gasteiger partial charge in [0.05, 0.1) is 7.11 Å². The number of alkyl halides is 3. The van der Waals surface area contributed by atoms with Gasteiger partial charge in [-0.25, -0.2) is 0 Å². The van der Waals surface area contributed by atoms with Gasteiger partial charge < -0.3 is 10.1 Å². The van der Waals surface area contributed by atoms with E-state index >= 15 is 0 Å². The first kappa shape index (κ1) is 17.1. The number of methoxy groups -OCH3 is 1. The minimum Gasteiger partial charge on any atom is -0.497 e. The predicted molar refractivity (Wildman–Crippen MR) is 73.5 cm³/mol. The fourth-order valence-corrected chi connectivity index (χ4v) is 2.33. The Morgan fingerprint density at radius 1 is 1.15 bits per heavy atom. The summed E-state index contributed by atoms with van der Waals surface area (Å²) in [7, 11) is 1.49. The van der Waals surface area contributed by atoms with Crippen LogP contribution >= 0.6 is 12.4 Å². The van der Waals surface area contributed by atoms with Crippen molar-refractivity contribution in [1.29, 1.82) is 0 Å². The minimum absolute atomic E-state index is 0. The van der Waals surface area contributed by atoms with E-state index in [-0.39, 0.29) is 18.0 Å². The maximum atomic E-state index is 13.3. The van der Waals surface area contributed by atoms with Crippen LogP contribution in [0.3, 0.4) is 0 Å². The maximum absolute atomic E-state index is 13.3. The average molecular weight is 311 g/mol. The second-order valence-corrected chi connectivity index (χ2v) is 4.50. The zero-order chi connectivity index (χ0) is 13.9. The minimum atomic E-state index is -4.27. The standard InChI is InChI=1S/C13H17F3N2O.ClH/c1-19-11-4-2-10(3-5-11)12(13(14,15)16)18-8-6-17-7-9-18;/h2-5,12,17H,6-9H2,1H3;1H/t12-;/m1./s1. The Bertz CT molecular complexity index is 405. The van der Waals surface area contributed by atoms with Crippen molar-refractivity contribution >= 4 is 12.4 Å². The summed E-state index contributed by atoms with van der Waals surface area (Å²) in [6.07, 6.45) is -4.27. The molecule has 0 amide bonds. The van der Waals surface area contributed by atoms with Crippen molar-refractivity contribution in [2.24, 2.45) is 0 Å². The number of rotatable bonds is 3. The molecule has 1 aliphatic heterocycles. The van der Waals surface area contributed by atoms with Gasteiger partial charge in [0.15, 0.2) is 0 Å². The molecule has 1 heterocycles. The van der Waals surface area contributed by atoms with E-state index in [0.717, 1.165) is 0 Å². The van der Waals surface area contributed by atoms with E-state index in [1.165, 1.54) is 24.1 Å². The number of piperazine rings is 1. The summed E-state index contributed by atoms with van der Waals surface area (Å²) in [5.74, 6) is 0.560. The summed E-state index contributed by atoms with van der Waals surface area (Å²) in [4.78, 5) is 1.47. The van der Waals surface area contributed by atoms with Gasteiger partial charge in [0, 0.05) is 26.2 Å². The molecule has 1 fully saturated rings. The second kappa shape index (κ2) is 7.15. The molecule has 1 aliphatic rings. The van der Waals surface area contributed by atoms with Gasteiger partial charge >= 0.3 is 6.18 Å². The highest BCUT2D eigenvalue weighted by molar-refractivity contribution is 5.85. The molecule has 1 aromatic rings. The summed E-state index contributed by atoms with van der Waals surface area (Å²) >= 11 is 0. The van der Waals surface area contributed by atoms with Gasteiger partial charge in [-0.2, -0.15) is 13.2 Å². The van der Waals surface area contributed by atoms with E-state index in [0.29, 0.717) is 31.9 Å². The van der Waals surface area contributed by atoms with E-state index in [1.807, 2.05) is 0 Å². The Morgan fingerprint density at radius 3 is 2.15 bits per heavy atom. The smallest absolute Gasteiger partial charge is 0.408 e. The molecule has 114 valence electrons. The fraction of sp³-hybridized carbons (Fsp3) is 0.538. The number of hydrogen-bond acceptors (Lipinski definition) is 3. The van der Waals surface area contributed by atoms with Crippen molar-refractivity contribution < 1.29 is 17.9 Å². The molecule has 0 bridgehead atoms. The van der Waals surface area contributed by atoms with Crippen LogP contribution in [-0.4, -0.2) is 44.4 Å². The van der Waals surface area contributed by atoms with Crippen LogP contribution in [0.5, 0.6) is 5.75 Å². The van der Waals surface area contributed by atoms with Gasteiger partial charge in [-0.1, -0.05) is 12.1 Å². The first-order chi connectivity index (χ1) is 9.02. The van der Waals surface area contributed by atoms with Gasteiger partial charge in [-0.15, -0.1) is 12.4 Å². The molecular formula is C13H18ClF3N2O. The lowest BCUT2D eigenvalue weighted by Gasteiger charge is -2.36. The SMILES string of the molecule is COc1ccc([C@@H](N2CCNCC2)C(F)(F)F)cc1.Cl. The molecule has 1 saturated heterocycles. The topological polar surface area (TPSA) is 24.5 Å². The van der Waals surface area contributed by atoms with Crippen molar-refractivity contribution in [2.75, 3.05) is 33.3 Å². The summed E-state index contributed by atoms with van der Waals surface area (Å²) < 4.78 is 44.8. The van der Waals surface area contributed by atoms with Gasteiger partial charge in [0.2, 0.25) is 0 Å². The molecule has 1 atom stereocenters. The Morgan fingerprint density at radius 2 is 1.70 bits per heavy atom. The van der Waals surface area contributed by atoms with E-state index < -0.39 is 12.2 Å². The molecule has 1 aromatic carbocycles. The summed E-state index contributed by atoms with van der Waals surface area (Å²) in [5, 5.41) is 3.06. The van der Waals surface area contributed by atoms with Crippen molar-refractivity contribution in [2.45, 2.75) is 12.2 Å². The van der Waals surface area contributed by atoms with Gasteiger partial charge in [-0.3, -0.25) is 4.90 Å².